The van der Waals surface area contributed by atoms with Gasteiger partial charge >= 0.3 is 0 Å². The first-order chi connectivity index (χ1) is 7.65. The number of ketones is 1. The first-order valence-electron chi connectivity index (χ1n) is 4.94. The minimum absolute atomic E-state index is 0.0627. The van der Waals surface area contributed by atoms with Gasteiger partial charge in [0.05, 0.1) is 0 Å². The van der Waals surface area contributed by atoms with E-state index in [-0.39, 0.29) is 5.78 Å². The van der Waals surface area contributed by atoms with Gasteiger partial charge in [0.15, 0.2) is 5.78 Å². The number of nitrogens with zero attached hydrogens (tertiary/aromatic N) is 3. The zero-order valence-electron chi connectivity index (χ0n) is 9.34. The summed E-state index contributed by atoms with van der Waals surface area (Å²) in [5.74, 6) is 0.0627. The van der Waals surface area contributed by atoms with Crippen molar-refractivity contribution in [2.45, 2.75) is 13.8 Å². The van der Waals surface area contributed by atoms with Crippen LogP contribution in [0.1, 0.15) is 28.4 Å². The SMILES string of the molecule is CC(=O)c1ccc(C=CCN=[N+]=[N-])c(C)c1. The van der Waals surface area contributed by atoms with Crippen molar-refractivity contribution in [1.82, 2.24) is 0 Å². The van der Waals surface area contributed by atoms with Crippen LogP contribution in [0.5, 0.6) is 0 Å². The van der Waals surface area contributed by atoms with E-state index in [9.17, 15) is 4.79 Å². The molecule has 4 nitrogen and oxygen atoms in total. The van der Waals surface area contributed by atoms with E-state index < -0.39 is 0 Å². The zero-order chi connectivity index (χ0) is 12.0. The number of hydrogen-bond donors (Lipinski definition) is 0. The fraction of sp³-hybridized carbons (Fsp3) is 0.250. The molecule has 0 saturated carbocycles. The van der Waals surface area contributed by atoms with Crippen molar-refractivity contribution < 1.29 is 4.79 Å². The molecule has 0 heterocycles. The highest BCUT2D eigenvalue weighted by molar-refractivity contribution is 5.94. The summed E-state index contributed by atoms with van der Waals surface area (Å²) in [7, 11) is 0. The minimum atomic E-state index is 0.0627. The van der Waals surface area contributed by atoms with Gasteiger partial charge in [-0.2, -0.15) is 0 Å². The Labute approximate surface area is 94.2 Å². The van der Waals surface area contributed by atoms with Crippen LogP contribution in [0.2, 0.25) is 0 Å². The second-order valence-electron chi connectivity index (χ2n) is 3.44. The third-order valence-corrected chi connectivity index (χ3v) is 2.22. The van der Waals surface area contributed by atoms with Gasteiger partial charge < -0.3 is 0 Å². The van der Waals surface area contributed by atoms with Gasteiger partial charge in [-0.05, 0) is 36.6 Å². The van der Waals surface area contributed by atoms with E-state index in [1.54, 1.807) is 19.1 Å². The van der Waals surface area contributed by atoms with Crippen LogP contribution in [0.4, 0.5) is 0 Å². The van der Waals surface area contributed by atoms with E-state index in [1.165, 1.54) is 0 Å². The average molecular weight is 215 g/mol. The molecule has 0 fully saturated rings. The van der Waals surface area contributed by atoms with E-state index in [0.717, 1.165) is 11.1 Å². The Morgan fingerprint density at radius 3 is 2.88 bits per heavy atom. The molecule has 1 aromatic rings. The summed E-state index contributed by atoms with van der Waals surface area (Å²) >= 11 is 0. The maximum Gasteiger partial charge on any atom is 0.159 e. The Bertz CT molecular complexity index is 471. The van der Waals surface area contributed by atoms with Gasteiger partial charge in [0.25, 0.3) is 0 Å². The Kier molecular flexibility index (Phi) is 4.30. The molecule has 0 aliphatic carbocycles. The maximum atomic E-state index is 11.1. The van der Waals surface area contributed by atoms with Crippen LogP contribution in [0, 0.1) is 6.92 Å². The summed E-state index contributed by atoms with van der Waals surface area (Å²) in [5.41, 5.74) is 10.9. The number of benzene rings is 1. The molecule has 82 valence electrons. The highest BCUT2D eigenvalue weighted by Crippen LogP contribution is 2.13. The molecular weight excluding hydrogens is 202 g/mol. The van der Waals surface area contributed by atoms with E-state index in [0.29, 0.717) is 12.1 Å². The van der Waals surface area contributed by atoms with E-state index >= 15 is 0 Å². The molecule has 0 aromatic heterocycles. The van der Waals surface area contributed by atoms with Crippen molar-refractivity contribution in [3.8, 4) is 0 Å². The van der Waals surface area contributed by atoms with Crippen LogP contribution in [0.25, 0.3) is 16.5 Å². The molecule has 0 N–H and O–H groups in total. The summed E-state index contributed by atoms with van der Waals surface area (Å²) in [6.45, 7) is 3.83. The molecule has 0 bridgehead atoms. The monoisotopic (exact) mass is 215 g/mol. The number of carbonyl (C=O) groups excluding carboxylic acids is 1. The van der Waals surface area contributed by atoms with Crippen LogP contribution in [0.3, 0.4) is 0 Å². The lowest BCUT2D eigenvalue weighted by atomic mass is 10.0. The maximum absolute atomic E-state index is 11.1. The summed E-state index contributed by atoms with van der Waals surface area (Å²) in [6.07, 6.45) is 3.67. The Morgan fingerprint density at radius 1 is 1.56 bits per heavy atom. The smallest absolute Gasteiger partial charge is 0.159 e. The van der Waals surface area contributed by atoms with Crippen molar-refractivity contribution in [2.24, 2.45) is 5.11 Å². The number of azide groups is 1. The normalized spacial score (nSPS) is 10.1. The van der Waals surface area contributed by atoms with Crippen LogP contribution < -0.4 is 0 Å². The van der Waals surface area contributed by atoms with Gasteiger partial charge in [-0.3, -0.25) is 4.79 Å². The molecule has 0 spiro atoms. The number of rotatable bonds is 4. The fourth-order valence-corrected chi connectivity index (χ4v) is 1.35. The summed E-state index contributed by atoms with van der Waals surface area (Å²) in [6, 6.07) is 5.54. The van der Waals surface area contributed by atoms with Crippen LogP contribution in [-0.4, -0.2) is 12.3 Å². The summed E-state index contributed by atoms with van der Waals surface area (Å²) in [5, 5.41) is 3.40. The molecule has 0 amide bonds. The predicted octanol–water partition coefficient (Wildman–Crippen LogP) is 3.52. The lowest BCUT2D eigenvalue weighted by Crippen LogP contribution is -1.93. The van der Waals surface area contributed by atoms with E-state index in [1.807, 2.05) is 25.1 Å². The molecule has 0 aliphatic rings. The molecule has 0 radical (unpaired) electrons. The Hall–Kier alpha value is -2.06. The lowest BCUT2D eigenvalue weighted by Gasteiger charge is -2.02. The third kappa shape index (κ3) is 3.26. The standard InChI is InChI=1S/C12H13N3O/c1-9-8-12(10(2)16)6-5-11(9)4-3-7-14-15-13/h3-6,8H,7H2,1-2H3. The predicted molar refractivity (Wildman–Crippen MR) is 64.2 cm³/mol. The van der Waals surface area contributed by atoms with Crippen molar-refractivity contribution in [3.05, 3.63) is 51.4 Å². The molecule has 1 rings (SSSR count). The molecule has 0 unspecified atom stereocenters. The molecule has 16 heavy (non-hydrogen) atoms. The first kappa shape index (κ1) is 12.0. The third-order valence-electron chi connectivity index (χ3n) is 2.22. The lowest BCUT2D eigenvalue weighted by molar-refractivity contribution is 0.101. The number of Topliss-reactive ketones (excluding diaryl/α,β-unsaturated/α-hetero) is 1. The molecule has 0 saturated heterocycles. The molecule has 4 heteroatoms. The zero-order valence-corrected chi connectivity index (χ0v) is 9.34. The van der Waals surface area contributed by atoms with E-state index in [2.05, 4.69) is 10.0 Å². The van der Waals surface area contributed by atoms with Gasteiger partial charge in [-0.15, -0.1) is 0 Å². The second kappa shape index (κ2) is 5.73. The van der Waals surface area contributed by atoms with Gasteiger partial charge in [0.2, 0.25) is 0 Å². The highest BCUT2D eigenvalue weighted by atomic mass is 16.1. The number of hydrogen-bond acceptors (Lipinski definition) is 2. The largest absolute Gasteiger partial charge is 0.295 e. The van der Waals surface area contributed by atoms with Crippen LogP contribution in [0.15, 0.2) is 29.4 Å². The average Bonchev–Trinajstić information content (AvgIpc) is 2.26. The van der Waals surface area contributed by atoms with Gasteiger partial charge in [-0.25, -0.2) is 0 Å². The minimum Gasteiger partial charge on any atom is -0.295 e. The van der Waals surface area contributed by atoms with E-state index in [4.69, 9.17) is 5.53 Å². The van der Waals surface area contributed by atoms with Crippen molar-refractivity contribution in [2.75, 3.05) is 6.54 Å². The molecular formula is C12H13N3O. The van der Waals surface area contributed by atoms with Crippen molar-refractivity contribution >= 4 is 11.9 Å². The van der Waals surface area contributed by atoms with Gasteiger partial charge in [0, 0.05) is 17.0 Å². The number of aryl methyl sites for hydroxylation is 1. The van der Waals surface area contributed by atoms with Crippen molar-refractivity contribution in [1.29, 1.82) is 0 Å². The van der Waals surface area contributed by atoms with Gasteiger partial charge in [-0.1, -0.05) is 29.4 Å². The first-order valence-corrected chi connectivity index (χ1v) is 4.94. The second-order valence-corrected chi connectivity index (χ2v) is 3.44. The topological polar surface area (TPSA) is 65.8 Å². The van der Waals surface area contributed by atoms with Crippen LogP contribution >= 0.6 is 0 Å². The summed E-state index contributed by atoms with van der Waals surface area (Å²) < 4.78 is 0. The van der Waals surface area contributed by atoms with Crippen molar-refractivity contribution in [3.63, 3.8) is 0 Å². The Balaban J connectivity index is 2.86. The molecule has 1 aromatic carbocycles. The quantitative estimate of drug-likeness (QED) is 0.328. The van der Waals surface area contributed by atoms with Gasteiger partial charge in [0.1, 0.15) is 0 Å². The molecule has 0 atom stereocenters. The number of carbonyl (C=O) groups is 1. The summed E-state index contributed by atoms with van der Waals surface area (Å²) in [4.78, 5) is 13.8. The fourth-order valence-electron chi connectivity index (χ4n) is 1.35. The Morgan fingerprint density at radius 2 is 2.31 bits per heavy atom. The highest BCUT2D eigenvalue weighted by Gasteiger charge is 2.00. The molecule has 0 aliphatic heterocycles. The van der Waals surface area contributed by atoms with Crippen LogP contribution in [-0.2, 0) is 0 Å².